The largest absolute Gasteiger partial charge is 0.481 e. The van der Waals surface area contributed by atoms with Crippen molar-refractivity contribution in [2.24, 2.45) is 0 Å². The van der Waals surface area contributed by atoms with Gasteiger partial charge in [-0.1, -0.05) is 18.2 Å². The number of sulfonamides is 1. The summed E-state index contributed by atoms with van der Waals surface area (Å²) in [5.41, 5.74) is 4.42. The molecule has 3 rings (SSSR count). The van der Waals surface area contributed by atoms with Crippen LogP contribution < -0.4 is 14.4 Å². The summed E-state index contributed by atoms with van der Waals surface area (Å²) in [6.07, 6.45) is 3.91. The summed E-state index contributed by atoms with van der Waals surface area (Å²) < 4.78 is 30.1. The zero-order valence-corrected chi connectivity index (χ0v) is 18.1. The first-order chi connectivity index (χ1) is 13.6. The molecular formula is C22H28N2O4S. The van der Waals surface area contributed by atoms with Gasteiger partial charge in [-0.3, -0.25) is 9.10 Å². The van der Waals surface area contributed by atoms with Gasteiger partial charge in [0, 0.05) is 7.05 Å². The van der Waals surface area contributed by atoms with Crippen molar-refractivity contribution < 1.29 is 17.9 Å². The number of ether oxygens (including phenoxy) is 1. The molecule has 2 aromatic carbocycles. The monoisotopic (exact) mass is 416 g/mol. The predicted molar refractivity (Wildman–Crippen MR) is 115 cm³/mol. The first-order valence-corrected chi connectivity index (χ1v) is 11.6. The molecule has 6 nitrogen and oxygen atoms in total. The van der Waals surface area contributed by atoms with E-state index in [0.29, 0.717) is 11.4 Å². The molecule has 1 N–H and O–H groups in total. The van der Waals surface area contributed by atoms with Crippen molar-refractivity contribution in [2.45, 2.75) is 45.3 Å². The van der Waals surface area contributed by atoms with E-state index in [9.17, 15) is 13.2 Å². The lowest BCUT2D eigenvalue weighted by Gasteiger charge is -2.20. The molecular weight excluding hydrogens is 388 g/mol. The van der Waals surface area contributed by atoms with Crippen molar-refractivity contribution in [3.05, 3.63) is 59.2 Å². The highest BCUT2D eigenvalue weighted by atomic mass is 32.2. The lowest BCUT2D eigenvalue weighted by molar-refractivity contribution is -0.127. The van der Waals surface area contributed by atoms with Crippen molar-refractivity contribution in [3.8, 4) is 5.75 Å². The molecule has 7 heteroatoms. The van der Waals surface area contributed by atoms with Crippen LogP contribution in [-0.4, -0.2) is 33.7 Å². The molecule has 0 unspecified atom stereocenters. The summed E-state index contributed by atoms with van der Waals surface area (Å²) in [5, 5.41) is 3.01. The maximum absolute atomic E-state index is 12.5. The van der Waals surface area contributed by atoms with Crippen LogP contribution in [0.5, 0.6) is 5.75 Å². The molecule has 0 saturated heterocycles. The molecule has 0 bridgehead atoms. The van der Waals surface area contributed by atoms with E-state index < -0.39 is 16.1 Å². The molecule has 2 atom stereocenters. The molecule has 0 fully saturated rings. The van der Waals surface area contributed by atoms with Gasteiger partial charge in [0.25, 0.3) is 5.91 Å². The number of aryl methyl sites for hydroxylation is 2. The number of benzene rings is 2. The number of nitrogens with zero attached hydrogens (tertiary/aromatic N) is 1. The fourth-order valence-electron chi connectivity index (χ4n) is 3.46. The van der Waals surface area contributed by atoms with Crippen LogP contribution >= 0.6 is 0 Å². The summed E-state index contributed by atoms with van der Waals surface area (Å²) in [7, 11) is -1.83. The Hall–Kier alpha value is -2.54. The van der Waals surface area contributed by atoms with Gasteiger partial charge in [-0.05, 0) is 74.1 Å². The van der Waals surface area contributed by atoms with E-state index in [1.807, 2.05) is 6.92 Å². The number of rotatable bonds is 7. The summed E-state index contributed by atoms with van der Waals surface area (Å²) in [6, 6.07) is 12.9. The molecule has 0 radical (unpaired) electrons. The van der Waals surface area contributed by atoms with Crippen molar-refractivity contribution in [1.82, 2.24) is 5.32 Å². The van der Waals surface area contributed by atoms with Crippen LogP contribution in [0.15, 0.2) is 42.5 Å². The van der Waals surface area contributed by atoms with Gasteiger partial charge in [0.15, 0.2) is 6.10 Å². The molecule has 29 heavy (non-hydrogen) atoms. The number of carbonyl (C=O) groups is 1. The quantitative estimate of drug-likeness (QED) is 0.752. The van der Waals surface area contributed by atoms with Gasteiger partial charge in [0.05, 0.1) is 18.0 Å². The summed E-state index contributed by atoms with van der Waals surface area (Å²) >= 11 is 0. The smallest absolute Gasteiger partial charge is 0.261 e. The predicted octanol–water partition coefficient (Wildman–Crippen LogP) is 3.22. The van der Waals surface area contributed by atoms with Crippen molar-refractivity contribution in [3.63, 3.8) is 0 Å². The van der Waals surface area contributed by atoms with Crippen LogP contribution in [0.4, 0.5) is 5.69 Å². The molecule has 156 valence electrons. The minimum Gasteiger partial charge on any atom is -0.481 e. The Morgan fingerprint density at radius 3 is 2.38 bits per heavy atom. The molecule has 0 saturated carbocycles. The third-order valence-electron chi connectivity index (χ3n) is 5.36. The molecule has 0 aromatic heterocycles. The van der Waals surface area contributed by atoms with E-state index in [-0.39, 0.29) is 11.9 Å². The number of carbonyl (C=O) groups excluding carboxylic acids is 1. The van der Waals surface area contributed by atoms with Crippen LogP contribution in [0, 0.1) is 0 Å². The first kappa shape index (κ1) is 21.2. The average molecular weight is 417 g/mol. The summed E-state index contributed by atoms with van der Waals surface area (Å²) in [5.74, 6) is 0.304. The van der Waals surface area contributed by atoms with Gasteiger partial charge in [-0.15, -0.1) is 0 Å². The molecule has 0 heterocycles. The Morgan fingerprint density at radius 1 is 1.07 bits per heavy atom. The van der Waals surface area contributed by atoms with Gasteiger partial charge in [-0.25, -0.2) is 8.42 Å². The van der Waals surface area contributed by atoms with Gasteiger partial charge >= 0.3 is 0 Å². The molecule has 1 aliphatic carbocycles. The van der Waals surface area contributed by atoms with Crippen molar-refractivity contribution in [1.29, 1.82) is 0 Å². The number of hydrogen-bond acceptors (Lipinski definition) is 4. The number of nitrogens with one attached hydrogen (secondary N) is 1. The van der Waals surface area contributed by atoms with Gasteiger partial charge < -0.3 is 10.1 Å². The minimum atomic E-state index is -3.32. The molecule has 1 amide bonds. The fourth-order valence-corrected chi connectivity index (χ4v) is 3.96. The normalized spacial score (nSPS) is 15.3. The van der Waals surface area contributed by atoms with E-state index in [1.165, 1.54) is 28.9 Å². The average Bonchev–Trinajstić information content (AvgIpc) is 3.15. The Bertz CT molecular complexity index is 986. The first-order valence-electron chi connectivity index (χ1n) is 9.78. The van der Waals surface area contributed by atoms with Gasteiger partial charge in [0.1, 0.15) is 5.75 Å². The topological polar surface area (TPSA) is 75.7 Å². The molecule has 1 aliphatic rings. The van der Waals surface area contributed by atoms with Gasteiger partial charge in [0.2, 0.25) is 10.0 Å². The highest BCUT2D eigenvalue weighted by Crippen LogP contribution is 2.26. The summed E-state index contributed by atoms with van der Waals surface area (Å²) in [4.78, 5) is 12.5. The number of hydrogen-bond donors (Lipinski definition) is 1. The molecule has 2 aromatic rings. The molecule has 0 aliphatic heterocycles. The van der Waals surface area contributed by atoms with Crippen LogP contribution in [0.2, 0.25) is 0 Å². The molecule has 0 spiro atoms. The maximum Gasteiger partial charge on any atom is 0.261 e. The Labute approximate surface area is 172 Å². The Kier molecular flexibility index (Phi) is 6.17. The van der Waals surface area contributed by atoms with E-state index >= 15 is 0 Å². The van der Waals surface area contributed by atoms with Crippen molar-refractivity contribution in [2.75, 3.05) is 17.6 Å². The van der Waals surface area contributed by atoms with Crippen LogP contribution in [0.3, 0.4) is 0 Å². The Balaban J connectivity index is 1.59. The summed E-state index contributed by atoms with van der Waals surface area (Å²) in [6.45, 7) is 3.67. The maximum atomic E-state index is 12.5. The second-order valence-corrected chi connectivity index (χ2v) is 9.61. The third-order valence-corrected chi connectivity index (χ3v) is 6.57. The Morgan fingerprint density at radius 2 is 1.72 bits per heavy atom. The third kappa shape index (κ3) is 5.09. The number of amides is 1. The van der Waals surface area contributed by atoms with Gasteiger partial charge in [-0.2, -0.15) is 0 Å². The second kappa shape index (κ2) is 8.45. The minimum absolute atomic E-state index is 0.106. The van der Waals surface area contributed by atoms with Crippen LogP contribution in [0.25, 0.3) is 0 Å². The van der Waals surface area contributed by atoms with E-state index in [4.69, 9.17) is 4.74 Å². The lowest BCUT2D eigenvalue weighted by Crippen LogP contribution is -2.37. The van der Waals surface area contributed by atoms with Crippen LogP contribution in [-0.2, 0) is 27.7 Å². The standard InChI is InChI=1S/C22H28N2O4S/c1-15(18-9-8-17-6-5-7-19(17)14-18)23-22(25)16(2)28-21-12-10-20(11-13-21)24(3)29(4,26)27/h8-16H,5-7H2,1-4H3,(H,23,25)/t15-,16+/m0/s1. The zero-order valence-electron chi connectivity index (χ0n) is 17.3. The van der Waals surface area contributed by atoms with Crippen LogP contribution in [0.1, 0.15) is 43.0 Å². The van der Waals surface area contributed by atoms with E-state index in [2.05, 4.69) is 23.5 Å². The fraction of sp³-hybridized carbons (Fsp3) is 0.409. The van der Waals surface area contributed by atoms with Crippen molar-refractivity contribution >= 4 is 21.6 Å². The van der Waals surface area contributed by atoms with E-state index in [1.54, 1.807) is 31.2 Å². The second-order valence-electron chi connectivity index (χ2n) is 7.60. The number of anilines is 1. The lowest BCUT2D eigenvalue weighted by atomic mass is 10.0. The SMILES string of the molecule is C[C@H](NC(=O)[C@@H](C)Oc1ccc(N(C)S(C)(=O)=O)cc1)c1ccc2c(c1)CCC2. The highest BCUT2D eigenvalue weighted by molar-refractivity contribution is 7.92. The number of fused-ring (bicyclic) bond motifs is 1. The highest BCUT2D eigenvalue weighted by Gasteiger charge is 2.20. The zero-order chi connectivity index (χ0) is 21.2. The van der Waals surface area contributed by atoms with E-state index in [0.717, 1.165) is 24.7 Å².